The highest BCUT2D eigenvalue weighted by Gasteiger charge is 2.08. The van der Waals surface area contributed by atoms with Crippen LogP contribution >= 0.6 is 0 Å². The van der Waals surface area contributed by atoms with E-state index >= 15 is 0 Å². The van der Waals surface area contributed by atoms with Crippen molar-refractivity contribution in [2.24, 2.45) is 5.10 Å². The number of hydrazone groups is 1. The third-order valence-corrected chi connectivity index (χ3v) is 3.21. The molecule has 2 rings (SSSR count). The van der Waals surface area contributed by atoms with Crippen LogP contribution in [-0.4, -0.2) is 37.9 Å². The third kappa shape index (κ3) is 5.20. The molecule has 0 radical (unpaired) electrons. The van der Waals surface area contributed by atoms with Crippen LogP contribution in [0.4, 0.5) is 5.69 Å². The molecule has 9 nitrogen and oxygen atoms in total. The molecule has 0 unspecified atom stereocenters. The monoisotopic (exact) mass is 359 g/mol. The van der Waals surface area contributed by atoms with Crippen LogP contribution in [0.25, 0.3) is 0 Å². The number of methoxy groups -OCH3 is 2. The second kappa shape index (κ2) is 9.02. The zero-order valence-corrected chi connectivity index (χ0v) is 14.2. The molecule has 0 spiro atoms. The Morgan fingerprint density at radius 2 is 1.96 bits per heavy atom. The number of nitro benzene ring substituents is 1. The lowest BCUT2D eigenvalue weighted by atomic mass is 10.2. The first-order valence-electron chi connectivity index (χ1n) is 7.44. The molecule has 0 aliphatic heterocycles. The Balaban J connectivity index is 1.87. The van der Waals surface area contributed by atoms with Crippen molar-refractivity contribution in [1.29, 1.82) is 0 Å². The Bertz CT molecular complexity index is 822. The minimum absolute atomic E-state index is 0.116. The number of rotatable bonds is 8. The number of hydrogen-bond donors (Lipinski definition) is 1. The summed E-state index contributed by atoms with van der Waals surface area (Å²) in [5.41, 5.74) is 2.88. The van der Waals surface area contributed by atoms with E-state index in [1.165, 1.54) is 44.7 Å². The standard InChI is InChI=1S/C17H17N3O6/c1-24-15-7-6-12(8-16(15)25-2)10-18-19-17(21)11-26-14-5-3-4-13(9-14)20(22)23/h3-10H,11H2,1-2H3,(H,19,21)/b18-10+. The van der Waals surface area contributed by atoms with Gasteiger partial charge in [0.15, 0.2) is 18.1 Å². The van der Waals surface area contributed by atoms with Gasteiger partial charge in [-0.25, -0.2) is 5.43 Å². The van der Waals surface area contributed by atoms with Gasteiger partial charge in [0.05, 0.1) is 31.4 Å². The average molecular weight is 359 g/mol. The molecule has 0 aliphatic carbocycles. The fraction of sp³-hybridized carbons (Fsp3) is 0.176. The van der Waals surface area contributed by atoms with E-state index in [1.807, 2.05) is 0 Å². The van der Waals surface area contributed by atoms with Gasteiger partial charge in [-0.3, -0.25) is 14.9 Å². The van der Waals surface area contributed by atoms with E-state index in [0.717, 1.165) is 0 Å². The molecule has 136 valence electrons. The second-order valence-corrected chi connectivity index (χ2v) is 4.95. The Kier molecular flexibility index (Phi) is 6.49. The van der Waals surface area contributed by atoms with Crippen LogP contribution in [0.5, 0.6) is 17.2 Å². The molecule has 0 saturated carbocycles. The molecule has 9 heteroatoms. The fourth-order valence-electron chi connectivity index (χ4n) is 1.98. The molecular formula is C17H17N3O6. The summed E-state index contributed by atoms with van der Waals surface area (Å²) in [5, 5.41) is 14.5. The summed E-state index contributed by atoms with van der Waals surface area (Å²) in [5.74, 6) is 0.835. The van der Waals surface area contributed by atoms with Crippen molar-refractivity contribution in [3.63, 3.8) is 0 Å². The van der Waals surface area contributed by atoms with Gasteiger partial charge in [0.25, 0.3) is 11.6 Å². The number of hydrogen-bond acceptors (Lipinski definition) is 7. The van der Waals surface area contributed by atoms with Crippen LogP contribution in [-0.2, 0) is 4.79 Å². The van der Waals surface area contributed by atoms with Crippen molar-refractivity contribution >= 4 is 17.8 Å². The molecular weight excluding hydrogens is 342 g/mol. The molecule has 0 fully saturated rings. The quantitative estimate of drug-likeness (QED) is 0.439. The highest BCUT2D eigenvalue weighted by molar-refractivity contribution is 5.83. The Hall–Kier alpha value is -3.62. The van der Waals surface area contributed by atoms with E-state index in [-0.39, 0.29) is 18.0 Å². The van der Waals surface area contributed by atoms with E-state index in [0.29, 0.717) is 17.1 Å². The summed E-state index contributed by atoms with van der Waals surface area (Å²) in [7, 11) is 3.05. The topological polar surface area (TPSA) is 112 Å². The zero-order chi connectivity index (χ0) is 18.9. The fourth-order valence-corrected chi connectivity index (χ4v) is 1.98. The summed E-state index contributed by atoms with van der Waals surface area (Å²) in [6.45, 7) is -0.329. The molecule has 0 aliphatic rings. The van der Waals surface area contributed by atoms with E-state index in [9.17, 15) is 14.9 Å². The number of carbonyl (C=O) groups is 1. The summed E-state index contributed by atoms with van der Waals surface area (Å²) in [6.07, 6.45) is 1.44. The van der Waals surface area contributed by atoms with Gasteiger partial charge in [-0.15, -0.1) is 0 Å². The lowest BCUT2D eigenvalue weighted by Crippen LogP contribution is -2.24. The second-order valence-electron chi connectivity index (χ2n) is 4.95. The first kappa shape index (κ1) is 18.7. The molecule has 0 atom stereocenters. The Labute approximate surface area is 149 Å². The predicted molar refractivity (Wildman–Crippen MR) is 93.9 cm³/mol. The maximum atomic E-state index is 11.7. The minimum atomic E-state index is -0.541. The van der Waals surface area contributed by atoms with Crippen molar-refractivity contribution < 1.29 is 23.9 Å². The van der Waals surface area contributed by atoms with E-state index in [1.54, 1.807) is 18.2 Å². The smallest absolute Gasteiger partial charge is 0.277 e. The number of nitrogens with zero attached hydrogens (tertiary/aromatic N) is 2. The maximum absolute atomic E-state index is 11.7. The SMILES string of the molecule is COc1ccc(/C=N/NC(=O)COc2cccc([N+](=O)[O-])c2)cc1OC. The molecule has 2 aromatic rings. The lowest BCUT2D eigenvalue weighted by molar-refractivity contribution is -0.384. The van der Waals surface area contributed by atoms with Crippen molar-refractivity contribution in [1.82, 2.24) is 5.43 Å². The summed E-state index contributed by atoms with van der Waals surface area (Å²) < 4.78 is 15.5. The molecule has 0 heterocycles. The van der Waals surface area contributed by atoms with Gasteiger partial charge in [-0.2, -0.15) is 5.10 Å². The van der Waals surface area contributed by atoms with Gasteiger partial charge in [0.2, 0.25) is 0 Å². The highest BCUT2D eigenvalue weighted by atomic mass is 16.6. The summed E-state index contributed by atoms with van der Waals surface area (Å²) >= 11 is 0. The first-order valence-corrected chi connectivity index (χ1v) is 7.44. The van der Waals surface area contributed by atoms with Crippen molar-refractivity contribution in [3.8, 4) is 17.2 Å². The average Bonchev–Trinajstić information content (AvgIpc) is 2.66. The number of carbonyl (C=O) groups excluding carboxylic acids is 1. The number of nitrogens with one attached hydrogen (secondary N) is 1. The van der Waals surface area contributed by atoms with Gasteiger partial charge < -0.3 is 14.2 Å². The molecule has 1 amide bonds. The van der Waals surface area contributed by atoms with Crippen LogP contribution in [0, 0.1) is 10.1 Å². The number of nitro groups is 1. The van der Waals surface area contributed by atoms with Gasteiger partial charge in [0.1, 0.15) is 5.75 Å². The number of ether oxygens (including phenoxy) is 3. The molecule has 0 bridgehead atoms. The van der Waals surface area contributed by atoms with Crippen molar-refractivity contribution in [2.45, 2.75) is 0 Å². The Morgan fingerprint density at radius 3 is 2.65 bits per heavy atom. The number of non-ortho nitro benzene ring substituents is 1. The minimum Gasteiger partial charge on any atom is -0.493 e. The van der Waals surface area contributed by atoms with E-state index < -0.39 is 10.8 Å². The number of benzene rings is 2. The molecule has 0 aromatic heterocycles. The van der Waals surface area contributed by atoms with Gasteiger partial charge in [-0.1, -0.05) is 6.07 Å². The molecule has 2 aromatic carbocycles. The van der Waals surface area contributed by atoms with Gasteiger partial charge >= 0.3 is 0 Å². The largest absolute Gasteiger partial charge is 0.493 e. The first-order chi connectivity index (χ1) is 12.5. The van der Waals surface area contributed by atoms with Gasteiger partial charge in [-0.05, 0) is 29.8 Å². The van der Waals surface area contributed by atoms with Crippen LogP contribution in [0.15, 0.2) is 47.6 Å². The third-order valence-electron chi connectivity index (χ3n) is 3.21. The molecule has 1 N–H and O–H groups in total. The van der Waals surface area contributed by atoms with Crippen molar-refractivity contribution in [3.05, 3.63) is 58.1 Å². The van der Waals surface area contributed by atoms with Crippen molar-refractivity contribution in [2.75, 3.05) is 20.8 Å². The Morgan fingerprint density at radius 1 is 1.19 bits per heavy atom. The van der Waals surface area contributed by atoms with Gasteiger partial charge in [0, 0.05) is 6.07 Å². The van der Waals surface area contributed by atoms with Crippen LogP contribution in [0.2, 0.25) is 0 Å². The van der Waals surface area contributed by atoms with Crippen LogP contribution in [0.1, 0.15) is 5.56 Å². The lowest BCUT2D eigenvalue weighted by Gasteiger charge is -2.07. The highest BCUT2D eigenvalue weighted by Crippen LogP contribution is 2.26. The number of amides is 1. The molecule has 26 heavy (non-hydrogen) atoms. The summed E-state index contributed by atoms with van der Waals surface area (Å²) in [4.78, 5) is 21.9. The predicted octanol–water partition coefficient (Wildman–Crippen LogP) is 2.14. The molecule has 0 saturated heterocycles. The zero-order valence-electron chi connectivity index (χ0n) is 14.2. The van der Waals surface area contributed by atoms with Crippen LogP contribution < -0.4 is 19.6 Å². The maximum Gasteiger partial charge on any atom is 0.277 e. The summed E-state index contributed by atoms with van der Waals surface area (Å²) in [6, 6.07) is 10.7. The normalized spacial score (nSPS) is 10.4. The van der Waals surface area contributed by atoms with E-state index in [4.69, 9.17) is 14.2 Å². The van der Waals surface area contributed by atoms with Crippen LogP contribution in [0.3, 0.4) is 0 Å². The van der Waals surface area contributed by atoms with E-state index in [2.05, 4.69) is 10.5 Å².